The highest BCUT2D eigenvalue weighted by Crippen LogP contribution is 2.60. The van der Waals surface area contributed by atoms with Gasteiger partial charge >= 0.3 is 0 Å². The van der Waals surface area contributed by atoms with Gasteiger partial charge in [-0.3, -0.25) is 0 Å². The van der Waals surface area contributed by atoms with Gasteiger partial charge in [-0.2, -0.15) is 0 Å². The second-order valence-electron chi connectivity index (χ2n) is 7.34. The van der Waals surface area contributed by atoms with E-state index in [0.29, 0.717) is 17.1 Å². The molecule has 4 atom stereocenters. The van der Waals surface area contributed by atoms with Gasteiger partial charge in [-0.05, 0) is 107 Å². The predicted molar refractivity (Wildman–Crippen MR) is 98.0 cm³/mol. The van der Waals surface area contributed by atoms with Gasteiger partial charge in [0.2, 0.25) is 0 Å². The number of aromatic hydroxyl groups is 1. The van der Waals surface area contributed by atoms with Crippen LogP contribution in [0.15, 0.2) is 12.1 Å². The maximum absolute atomic E-state index is 9.97. The molecule has 3 aliphatic carbocycles. The largest absolute Gasteiger partial charge is 0.507 e. The summed E-state index contributed by atoms with van der Waals surface area (Å²) in [5.41, 5.74) is 3.24. The standard InChI is InChI=1S/C18H21IOS/c1-18-7-6-11-12(14(18)4-5-17(18)21)3-2-10-8-16(20)15(19)9-13(10)11/h8-9,11-12,14,20H,2-7H2,1H3/t11-,12+,14-,18-/m0/s1. The Balaban J connectivity index is 1.75. The molecule has 112 valence electrons. The third-order valence-corrected chi connectivity index (χ3v) is 8.04. The Morgan fingerprint density at radius 2 is 2.05 bits per heavy atom. The predicted octanol–water partition coefficient (Wildman–Crippen LogP) is 5.22. The van der Waals surface area contributed by atoms with E-state index in [1.54, 1.807) is 0 Å². The molecule has 0 spiro atoms. The van der Waals surface area contributed by atoms with Crippen LogP contribution in [0.1, 0.15) is 56.1 Å². The van der Waals surface area contributed by atoms with Crippen molar-refractivity contribution in [2.24, 2.45) is 17.3 Å². The second-order valence-corrected chi connectivity index (χ2v) is 8.99. The third kappa shape index (κ3) is 2.03. The van der Waals surface area contributed by atoms with Crippen molar-refractivity contribution in [1.29, 1.82) is 0 Å². The van der Waals surface area contributed by atoms with Gasteiger partial charge < -0.3 is 5.11 Å². The normalized spacial score (nSPS) is 37.8. The lowest BCUT2D eigenvalue weighted by Crippen LogP contribution is -2.42. The van der Waals surface area contributed by atoms with E-state index in [4.69, 9.17) is 12.2 Å². The topological polar surface area (TPSA) is 20.2 Å². The average Bonchev–Trinajstić information content (AvgIpc) is 2.76. The molecule has 0 radical (unpaired) electrons. The molecule has 0 aliphatic heterocycles. The molecule has 1 aromatic rings. The summed E-state index contributed by atoms with van der Waals surface area (Å²) in [6.07, 6.45) is 7.40. The Hall–Kier alpha value is -0.160. The van der Waals surface area contributed by atoms with Crippen molar-refractivity contribution in [1.82, 2.24) is 0 Å². The molecule has 3 aliphatic rings. The maximum Gasteiger partial charge on any atom is 0.129 e. The lowest BCUT2D eigenvalue weighted by molar-refractivity contribution is 0.0966. The van der Waals surface area contributed by atoms with Crippen molar-refractivity contribution in [2.75, 3.05) is 0 Å². The Kier molecular flexibility index (Phi) is 3.38. The van der Waals surface area contributed by atoms with Crippen molar-refractivity contribution in [2.45, 2.75) is 51.4 Å². The van der Waals surface area contributed by atoms with Crippen molar-refractivity contribution < 1.29 is 5.11 Å². The molecule has 0 heterocycles. The SMILES string of the molecule is C[C@]12CC[C@@H]3c4cc(I)c(O)cc4CC[C@H]3[C@@H]1CCC2=S. The van der Waals surface area contributed by atoms with Crippen LogP contribution >= 0.6 is 34.8 Å². The number of aryl methyl sites for hydroxylation is 1. The number of fused-ring (bicyclic) bond motifs is 5. The van der Waals surface area contributed by atoms with Gasteiger partial charge in [-0.25, -0.2) is 0 Å². The number of halogens is 1. The second kappa shape index (κ2) is 4.92. The summed E-state index contributed by atoms with van der Waals surface area (Å²) in [7, 11) is 0. The van der Waals surface area contributed by atoms with Crippen LogP contribution in [0.3, 0.4) is 0 Å². The number of phenolic OH excluding ortho intramolecular Hbond substituents is 1. The van der Waals surface area contributed by atoms with Crippen molar-refractivity contribution in [3.8, 4) is 5.75 Å². The van der Waals surface area contributed by atoms with E-state index in [2.05, 4.69) is 35.6 Å². The first kappa shape index (κ1) is 14.4. The molecule has 1 N–H and O–H groups in total. The lowest BCUT2D eigenvalue weighted by atomic mass is 9.56. The smallest absolute Gasteiger partial charge is 0.129 e. The Labute approximate surface area is 145 Å². The molecule has 1 aromatic carbocycles. The maximum atomic E-state index is 9.97. The molecule has 0 amide bonds. The van der Waals surface area contributed by atoms with Crippen LogP contribution in [0.2, 0.25) is 0 Å². The highest BCUT2D eigenvalue weighted by atomic mass is 127. The molecule has 0 saturated heterocycles. The van der Waals surface area contributed by atoms with E-state index in [0.717, 1.165) is 21.8 Å². The van der Waals surface area contributed by atoms with Crippen LogP contribution < -0.4 is 0 Å². The summed E-state index contributed by atoms with van der Waals surface area (Å²) >= 11 is 7.97. The van der Waals surface area contributed by atoms with E-state index in [9.17, 15) is 5.11 Å². The van der Waals surface area contributed by atoms with Crippen LogP contribution in [0.4, 0.5) is 0 Å². The van der Waals surface area contributed by atoms with Crippen molar-refractivity contribution >= 4 is 39.7 Å². The molecule has 0 aromatic heterocycles. The molecule has 2 saturated carbocycles. The van der Waals surface area contributed by atoms with Crippen LogP contribution in [0.25, 0.3) is 0 Å². The van der Waals surface area contributed by atoms with Gasteiger partial charge in [0.05, 0.1) is 3.57 Å². The van der Waals surface area contributed by atoms with E-state index in [-0.39, 0.29) is 0 Å². The summed E-state index contributed by atoms with van der Waals surface area (Å²) in [4.78, 5) is 1.34. The third-order valence-electron chi connectivity index (χ3n) is 6.50. The zero-order chi connectivity index (χ0) is 14.8. The fourth-order valence-electron chi connectivity index (χ4n) is 5.35. The van der Waals surface area contributed by atoms with Gasteiger partial charge in [-0.1, -0.05) is 19.1 Å². The minimum Gasteiger partial charge on any atom is -0.507 e. The summed E-state index contributed by atoms with van der Waals surface area (Å²) in [6.45, 7) is 2.43. The van der Waals surface area contributed by atoms with Crippen LogP contribution in [-0.4, -0.2) is 9.97 Å². The minimum atomic E-state index is 0.331. The first-order valence-electron chi connectivity index (χ1n) is 8.05. The number of phenols is 1. The Morgan fingerprint density at radius 1 is 1.24 bits per heavy atom. The van der Waals surface area contributed by atoms with Crippen LogP contribution in [-0.2, 0) is 6.42 Å². The fourth-order valence-corrected chi connectivity index (χ4v) is 6.21. The van der Waals surface area contributed by atoms with Gasteiger partial charge in [-0.15, -0.1) is 0 Å². The summed E-state index contributed by atoms with van der Waals surface area (Å²) in [5.74, 6) is 2.75. The van der Waals surface area contributed by atoms with Crippen molar-refractivity contribution in [3.63, 3.8) is 0 Å². The highest BCUT2D eigenvalue weighted by Gasteiger charge is 2.52. The number of rotatable bonds is 0. The minimum absolute atomic E-state index is 0.331. The zero-order valence-corrected chi connectivity index (χ0v) is 15.3. The molecule has 1 nitrogen and oxygen atoms in total. The van der Waals surface area contributed by atoms with Gasteiger partial charge in [0.25, 0.3) is 0 Å². The molecule has 21 heavy (non-hydrogen) atoms. The fraction of sp³-hybridized carbons (Fsp3) is 0.611. The van der Waals surface area contributed by atoms with E-state index in [1.807, 2.05) is 6.07 Å². The monoisotopic (exact) mass is 412 g/mol. The van der Waals surface area contributed by atoms with Crippen LogP contribution in [0.5, 0.6) is 5.75 Å². The number of hydrogen-bond donors (Lipinski definition) is 1. The van der Waals surface area contributed by atoms with E-state index >= 15 is 0 Å². The van der Waals surface area contributed by atoms with E-state index < -0.39 is 0 Å². The molecule has 3 heteroatoms. The summed E-state index contributed by atoms with van der Waals surface area (Å²) in [5, 5.41) is 9.97. The number of thiocarbonyl (C=S) groups is 1. The Morgan fingerprint density at radius 3 is 2.86 bits per heavy atom. The molecular formula is C18H21IOS. The Bertz CT molecular complexity index is 626. The molecule has 0 bridgehead atoms. The lowest BCUT2D eigenvalue weighted by Gasteiger charge is -2.49. The van der Waals surface area contributed by atoms with Gasteiger partial charge in [0.15, 0.2) is 0 Å². The number of benzene rings is 1. The first-order valence-corrected chi connectivity index (χ1v) is 9.54. The van der Waals surface area contributed by atoms with Crippen molar-refractivity contribution in [3.05, 3.63) is 26.8 Å². The number of hydrogen-bond acceptors (Lipinski definition) is 2. The molecule has 2 fully saturated rings. The van der Waals surface area contributed by atoms with Crippen LogP contribution in [0, 0.1) is 20.8 Å². The van der Waals surface area contributed by atoms with E-state index in [1.165, 1.54) is 48.1 Å². The summed E-state index contributed by atoms with van der Waals surface area (Å²) in [6, 6.07) is 4.26. The average molecular weight is 412 g/mol. The van der Waals surface area contributed by atoms with Gasteiger partial charge in [0.1, 0.15) is 5.75 Å². The quantitative estimate of drug-likeness (QED) is 0.466. The highest BCUT2D eigenvalue weighted by molar-refractivity contribution is 14.1. The first-order chi connectivity index (χ1) is 10.0. The molecular weight excluding hydrogens is 391 g/mol. The molecule has 0 unspecified atom stereocenters. The van der Waals surface area contributed by atoms with Gasteiger partial charge in [0, 0.05) is 5.41 Å². The molecule has 4 rings (SSSR count). The summed E-state index contributed by atoms with van der Waals surface area (Å²) < 4.78 is 1.00. The zero-order valence-electron chi connectivity index (χ0n) is 12.4.